The third kappa shape index (κ3) is 2.60. The maximum absolute atomic E-state index is 5.98. The minimum absolute atomic E-state index is 0.0768. The van der Waals surface area contributed by atoms with E-state index in [0.717, 1.165) is 29.8 Å². The van der Waals surface area contributed by atoms with Crippen LogP contribution in [0.25, 0.3) is 0 Å². The van der Waals surface area contributed by atoms with Crippen LogP contribution < -0.4 is 5.73 Å². The lowest BCUT2D eigenvalue weighted by atomic mass is 10.1. The third-order valence-corrected chi connectivity index (χ3v) is 2.84. The van der Waals surface area contributed by atoms with Gasteiger partial charge in [0, 0.05) is 6.04 Å². The van der Waals surface area contributed by atoms with E-state index < -0.39 is 0 Å². The molecule has 3 nitrogen and oxygen atoms in total. The minimum atomic E-state index is 0.0768. The fraction of sp³-hybridized carbons (Fsp3) is 0.556. The van der Waals surface area contributed by atoms with Crippen molar-refractivity contribution in [1.82, 2.24) is 9.59 Å². The average Bonchev–Trinajstić information content (AvgIpc) is 2.61. The van der Waals surface area contributed by atoms with Gasteiger partial charge in [-0.15, -0.1) is 11.7 Å². The Morgan fingerprint density at radius 2 is 2.46 bits per heavy atom. The first-order valence-electron chi connectivity index (χ1n) is 4.47. The quantitative estimate of drug-likeness (QED) is 0.735. The van der Waals surface area contributed by atoms with Gasteiger partial charge in [0.2, 0.25) is 0 Å². The van der Waals surface area contributed by atoms with Crippen LogP contribution in [0, 0.1) is 0 Å². The van der Waals surface area contributed by atoms with Gasteiger partial charge in [0.25, 0.3) is 0 Å². The molecular formula is C9H15N3S. The molecule has 1 aromatic heterocycles. The monoisotopic (exact) mass is 197 g/mol. The van der Waals surface area contributed by atoms with Crippen LogP contribution in [0.1, 0.15) is 36.4 Å². The predicted octanol–water partition coefficient (Wildman–Crippen LogP) is 2.07. The zero-order chi connectivity index (χ0) is 9.68. The number of allylic oxidation sites excluding steroid dienone is 1. The highest BCUT2D eigenvalue weighted by Gasteiger charge is 2.13. The number of nitrogens with two attached hydrogens (primary N) is 1. The van der Waals surface area contributed by atoms with E-state index in [0.29, 0.717) is 0 Å². The van der Waals surface area contributed by atoms with E-state index in [1.165, 1.54) is 11.5 Å². The Labute approximate surface area is 82.8 Å². The van der Waals surface area contributed by atoms with E-state index in [2.05, 4.69) is 23.1 Å². The molecule has 4 heteroatoms. The van der Waals surface area contributed by atoms with Crippen molar-refractivity contribution in [3.8, 4) is 0 Å². The maximum Gasteiger partial charge on any atom is 0.0800 e. The molecule has 1 rings (SSSR count). The molecule has 2 N–H and O–H groups in total. The van der Waals surface area contributed by atoms with E-state index in [1.54, 1.807) is 0 Å². The number of aromatic nitrogens is 2. The number of aryl methyl sites for hydroxylation is 1. The first-order valence-corrected chi connectivity index (χ1v) is 5.24. The summed E-state index contributed by atoms with van der Waals surface area (Å²) in [5.74, 6) is 0. The zero-order valence-corrected chi connectivity index (χ0v) is 8.68. The molecule has 1 unspecified atom stereocenters. The number of nitrogens with zero attached hydrogens (tertiary/aromatic N) is 2. The average molecular weight is 197 g/mol. The molecule has 13 heavy (non-hydrogen) atoms. The van der Waals surface area contributed by atoms with Crippen molar-refractivity contribution in [1.29, 1.82) is 0 Å². The van der Waals surface area contributed by atoms with Crippen LogP contribution in [0.2, 0.25) is 0 Å². The van der Waals surface area contributed by atoms with Crippen molar-refractivity contribution >= 4 is 11.5 Å². The standard InChI is InChI=1S/C9H15N3S/c1-3-5-6-7(10)9-8(4-2)11-12-13-9/h3,7H,1,4-6,10H2,2H3. The van der Waals surface area contributed by atoms with Gasteiger partial charge in [-0.25, -0.2) is 0 Å². The van der Waals surface area contributed by atoms with Crippen LogP contribution in [-0.2, 0) is 6.42 Å². The number of hydrogen-bond donors (Lipinski definition) is 1. The van der Waals surface area contributed by atoms with Crippen LogP contribution in [0.15, 0.2) is 12.7 Å². The highest BCUT2D eigenvalue weighted by atomic mass is 32.1. The Kier molecular flexibility index (Phi) is 4.05. The number of rotatable bonds is 5. The van der Waals surface area contributed by atoms with Crippen LogP contribution in [0.5, 0.6) is 0 Å². The summed E-state index contributed by atoms with van der Waals surface area (Å²) >= 11 is 1.41. The molecule has 0 fully saturated rings. The molecule has 72 valence electrons. The van der Waals surface area contributed by atoms with E-state index in [1.807, 2.05) is 6.08 Å². The second-order valence-corrected chi connectivity index (χ2v) is 3.70. The summed E-state index contributed by atoms with van der Waals surface area (Å²) in [6, 6.07) is 0.0768. The largest absolute Gasteiger partial charge is 0.323 e. The Morgan fingerprint density at radius 3 is 3.08 bits per heavy atom. The topological polar surface area (TPSA) is 51.8 Å². The second-order valence-electron chi connectivity index (χ2n) is 2.91. The SMILES string of the molecule is C=CCCC(N)c1snnc1CC. The van der Waals surface area contributed by atoms with E-state index >= 15 is 0 Å². The lowest BCUT2D eigenvalue weighted by Gasteiger charge is -2.07. The van der Waals surface area contributed by atoms with Crippen molar-refractivity contribution < 1.29 is 0 Å². The van der Waals surface area contributed by atoms with Gasteiger partial charge in [-0.3, -0.25) is 0 Å². The summed E-state index contributed by atoms with van der Waals surface area (Å²) in [5, 5.41) is 4.03. The molecule has 0 spiro atoms. The summed E-state index contributed by atoms with van der Waals surface area (Å²) in [6.07, 6.45) is 4.68. The Balaban J connectivity index is 2.63. The van der Waals surface area contributed by atoms with Gasteiger partial charge >= 0.3 is 0 Å². The molecule has 0 aromatic carbocycles. The molecule has 0 aliphatic heterocycles. The summed E-state index contributed by atoms with van der Waals surface area (Å²) in [5.41, 5.74) is 7.03. The van der Waals surface area contributed by atoms with Crippen LogP contribution in [0.3, 0.4) is 0 Å². The fourth-order valence-corrected chi connectivity index (χ4v) is 1.94. The van der Waals surface area contributed by atoms with Gasteiger partial charge in [-0.05, 0) is 30.8 Å². The molecule has 1 atom stereocenters. The van der Waals surface area contributed by atoms with E-state index in [9.17, 15) is 0 Å². The first kappa shape index (κ1) is 10.3. The van der Waals surface area contributed by atoms with Gasteiger partial charge < -0.3 is 5.73 Å². The molecule has 0 radical (unpaired) electrons. The van der Waals surface area contributed by atoms with Crippen molar-refractivity contribution in [2.24, 2.45) is 5.73 Å². The Bertz CT molecular complexity index is 270. The summed E-state index contributed by atoms with van der Waals surface area (Å²) in [4.78, 5) is 1.13. The summed E-state index contributed by atoms with van der Waals surface area (Å²) < 4.78 is 3.91. The Morgan fingerprint density at radius 1 is 1.69 bits per heavy atom. The molecule has 1 aromatic rings. The molecule has 1 heterocycles. The van der Waals surface area contributed by atoms with E-state index in [-0.39, 0.29) is 6.04 Å². The Hall–Kier alpha value is -0.740. The summed E-state index contributed by atoms with van der Waals surface area (Å²) in [7, 11) is 0. The smallest absolute Gasteiger partial charge is 0.0800 e. The molecular weight excluding hydrogens is 182 g/mol. The lowest BCUT2D eigenvalue weighted by molar-refractivity contribution is 0.663. The van der Waals surface area contributed by atoms with Gasteiger partial charge in [-0.2, -0.15) is 0 Å². The van der Waals surface area contributed by atoms with Crippen LogP contribution >= 0.6 is 11.5 Å². The van der Waals surface area contributed by atoms with Gasteiger partial charge in [0.1, 0.15) is 0 Å². The van der Waals surface area contributed by atoms with Crippen molar-refractivity contribution in [3.63, 3.8) is 0 Å². The fourth-order valence-electron chi connectivity index (χ4n) is 1.17. The molecule has 0 aliphatic rings. The lowest BCUT2D eigenvalue weighted by Crippen LogP contribution is -2.10. The summed E-state index contributed by atoms with van der Waals surface area (Å²) in [6.45, 7) is 5.74. The zero-order valence-electron chi connectivity index (χ0n) is 7.86. The third-order valence-electron chi connectivity index (χ3n) is 1.94. The number of hydrogen-bond acceptors (Lipinski definition) is 4. The van der Waals surface area contributed by atoms with Gasteiger partial charge in [0.15, 0.2) is 0 Å². The highest BCUT2D eigenvalue weighted by Crippen LogP contribution is 2.22. The second kappa shape index (κ2) is 5.09. The molecule has 0 aliphatic carbocycles. The van der Waals surface area contributed by atoms with Crippen LogP contribution in [-0.4, -0.2) is 9.59 Å². The van der Waals surface area contributed by atoms with Crippen molar-refractivity contribution in [2.75, 3.05) is 0 Å². The van der Waals surface area contributed by atoms with Crippen molar-refractivity contribution in [3.05, 3.63) is 23.2 Å². The minimum Gasteiger partial charge on any atom is -0.323 e. The molecule has 0 saturated heterocycles. The van der Waals surface area contributed by atoms with Crippen molar-refractivity contribution in [2.45, 2.75) is 32.2 Å². The maximum atomic E-state index is 5.98. The van der Waals surface area contributed by atoms with Gasteiger partial charge in [-0.1, -0.05) is 17.5 Å². The molecule has 0 bridgehead atoms. The molecule has 0 saturated carbocycles. The van der Waals surface area contributed by atoms with Crippen LogP contribution in [0.4, 0.5) is 0 Å². The van der Waals surface area contributed by atoms with E-state index in [4.69, 9.17) is 5.73 Å². The predicted molar refractivity (Wildman–Crippen MR) is 55.6 cm³/mol. The normalized spacial score (nSPS) is 12.8. The molecule has 0 amide bonds. The van der Waals surface area contributed by atoms with Gasteiger partial charge in [0.05, 0.1) is 10.6 Å². The first-order chi connectivity index (χ1) is 6.29. The highest BCUT2D eigenvalue weighted by molar-refractivity contribution is 7.05.